The maximum atomic E-state index is 13.0. The molecule has 2 N–H and O–H groups in total. The predicted octanol–water partition coefficient (Wildman–Crippen LogP) is 3.06. The summed E-state index contributed by atoms with van der Waals surface area (Å²) in [5, 5.41) is 6.57. The number of carbonyl (C=O) groups excluding carboxylic acids is 1. The van der Waals surface area contributed by atoms with E-state index >= 15 is 0 Å². The number of ether oxygens (including phenoxy) is 1. The van der Waals surface area contributed by atoms with Gasteiger partial charge in [-0.15, -0.1) is 0 Å². The zero-order chi connectivity index (χ0) is 17.1. The van der Waals surface area contributed by atoms with E-state index < -0.39 is 0 Å². The quantitative estimate of drug-likeness (QED) is 0.777. The van der Waals surface area contributed by atoms with Gasteiger partial charge in [0.1, 0.15) is 11.5 Å². The molecule has 130 valence electrons. The van der Waals surface area contributed by atoms with Gasteiger partial charge in [-0.3, -0.25) is 4.79 Å². The molecular weight excluding hydrogens is 312 g/mol. The summed E-state index contributed by atoms with van der Waals surface area (Å²) in [5.74, 6) is 1.87. The molecule has 0 saturated carbocycles. The Morgan fingerprint density at radius 3 is 2.32 bits per heavy atom. The van der Waals surface area contributed by atoms with E-state index in [9.17, 15) is 4.79 Å². The molecule has 4 rings (SSSR count). The van der Waals surface area contributed by atoms with Crippen molar-refractivity contribution in [1.29, 1.82) is 0 Å². The third-order valence-corrected chi connectivity index (χ3v) is 5.32. The van der Waals surface area contributed by atoms with Crippen molar-refractivity contribution in [2.75, 3.05) is 19.6 Å². The zero-order valence-corrected chi connectivity index (χ0v) is 14.4. The first-order valence-corrected chi connectivity index (χ1v) is 9.08. The van der Waals surface area contributed by atoms with Crippen LogP contribution < -0.4 is 15.4 Å². The first-order valence-electron chi connectivity index (χ1n) is 9.08. The minimum absolute atomic E-state index is 0.190. The third-order valence-electron chi connectivity index (χ3n) is 5.32. The lowest BCUT2D eigenvalue weighted by molar-refractivity contribution is -0.132. The standard InChI is InChI=1S/C21H24N2O2/c24-20-21(8-11-22-12-9-21)15-17-4-2-6-19(14-17)25-18-5-1-3-16(13-18)7-10-23-20/h1-6,13-14,22H,7-12,15H2,(H,23,24). The molecule has 1 amide bonds. The Bertz CT molecular complexity index is 766. The maximum Gasteiger partial charge on any atom is 0.226 e. The molecule has 1 fully saturated rings. The number of hydrogen-bond donors (Lipinski definition) is 2. The van der Waals surface area contributed by atoms with Crippen molar-refractivity contribution < 1.29 is 9.53 Å². The summed E-state index contributed by atoms with van der Waals surface area (Å²) in [6, 6.07) is 16.3. The third kappa shape index (κ3) is 3.54. The Labute approximate surface area is 148 Å². The van der Waals surface area contributed by atoms with E-state index in [2.05, 4.69) is 34.9 Å². The summed E-state index contributed by atoms with van der Waals surface area (Å²) >= 11 is 0. The van der Waals surface area contributed by atoms with Gasteiger partial charge in [0.25, 0.3) is 0 Å². The van der Waals surface area contributed by atoms with Crippen LogP contribution in [0.25, 0.3) is 0 Å². The highest BCUT2D eigenvalue weighted by molar-refractivity contribution is 5.83. The highest BCUT2D eigenvalue weighted by atomic mass is 16.5. The van der Waals surface area contributed by atoms with Crippen LogP contribution in [0.5, 0.6) is 11.5 Å². The lowest BCUT2D eigenvalue weighted by atomic mass is 9.73. The molecule has 2 aliphatic rings. The van der Waals surface area contributed by atoms with E-state index in [1.807, 2.05) is 24.3 Å². The molecule has 2 aromatic carbocycles. The molecule has 2 aliphatic heterocycles. The molecule has 4 bridgehead atoms. The average molecular weight is 336 g/mol. The monoisotopic (exact) mass is 336 g/mol. The van der Waals surface area contributed by atoms with Gasteiger partial charge in [-0.2, -0.15) is 0 Å². The van der Waals surface area contributed by atoms with Gasteiger partial charge in [0, 0.05) is 6.54 Å². The molecule has 4 heteroatoms. The van der Waals surface area contributed by atoms with Gasteiger partial charge < -0.3 is 15.4 Å². The number of amides is 1. The Balaban J connectivity index is 1.71. The SMILES string of the molecule is O=C1NCCc2cccc(c2)Oc2cccc(c2)CC12CCNCC2. The molecule has 0 aliphatic carbocycles. The highest BCUT2D eigenvalue weighted by Gasteiger charge is 2.39. The van der Waals surface area contributed by atoms with Gasteiger partial charge >= 0.3 is 0 Å². The summed E-state index contributed by atoms with van der Waals surface area (Å²) < 4.78 is 6.06. The summed E-state index contributed by atoms with van der Waals surface area (Å²) in [5.41, 5.74) is 2.01. The number of rotatable bonds is 0. The molecule has 25 heavy (non-hydrogen) atoms. The fraction of sp³-hybridized carbons (Fsp3) is 0.381. The second-order valence-corrected chi connectivity index (χ2v) is 7.11. The maximum absolute atomic E-state index is 13.0. The molecule has 1 spiro atoms. The van der Waals surface area contributed by atoms with Crippen LogP contribution in [-0.4, -0.2) is 25.5 Å². The van der Waals surface area contributed by atoms with Crippen molar-refractivity contribution >= 4 is 5.91 Å². The molecular formula is C21H24N2O2. The number of carbonyl (C=O) groups is 1. The van der Waals surface area contributed by atoms with Gasteiger partial charge in [-0.25, -0.2) is 0 Å². The van der Waals surface area contributed by atoms with Gasteiger partial charge in [0.05, 0.1) is 5.41 Å². The summed E-state index contributed by atoms with van der Waals surface area (Å²) in [4.78, 5) is 13.0. The predicted molar refractivity (Wildman–Crippen MR) is 97.9 cm³/mol. The Morgan fingerprint density at radius 1 is 0.880 bits per heavy atom. The minimum Gasteiger partial charge on any atom is -0.457 e. The Hall–Kier alpha value is -2.33. The van der Waals surface area contributed by atoms with Crippen molar-refractivity contribution in [3.05, 3.63) is 59.7 Å². The normalized spacial score (nSPS) is 19.8. The van der Waals surface area contributed by atoms with E-state index in [4.69, 9.17) is 4.74 Å². The number of nitrogens with one attached hydrogen (secondary N) is 2. The van der Waals surface area contributed by atoms with Crippen LogP contribution in [0.4, 0.5) is 0 Å². The van der Waals surface area contributed by atoms with E-state index in [1.165, 1.54) is 5.56 Å². The molecule has 0 atom stereocenters. The van der Waals surface area contributed by atoms with Crippen LogP contribution in [0.2, 0.25) is 0 Å². The van der Waals surface area contributed by atoms with E-state index in [0.29, 0.717) is 6.54 Å². The number of fused-ring (bicyclic) bond motifs is 4. The van der Waals surface area contributed by atoms with Crippen LogP contribution >= 0.6 is 0 Å². The molecule has 2 heterocycles. The molecule has 1 saturated heterocycles. The van der Waals surface area contributed by atoms with Crippen LogP contribution in [0.1, 0.15) is 24.0 Å². The number of benzene rings is 2. The zero-order valence-electron chi connectivity index (χ0n) is 14.4. The van der Waals surface area contributed by atoms with Gasteiger partial charge in [-0.1, -0.05) is 24.3 Å². The Kier molecular flexibility index (Phi) is 4.45. The van der Waals surface area contributed by atoms with Crippen molar-refractivity contribution in [1.82, 2.24) is 10.6 Å². The summed E-state index contributed by atoms with van der Waals surface area (Å²) in [6.07, 6.45) is 3.32. The second kappa shape index (κ2) is 6.89. The van der Waals surface area contributed by atoms with E-state index in [1.54, 1.807) is 0 Å². The molecule has 2 aromatic rings. The topological polar surface area (TPSA) is 50.4 Å². The highest BCUT2D eigenvalue weighted by Crippen LogP contribution is 2.35. The van der Waals surface area contributed by atoms with Crippen molar-refractivity contribution in [2.45, 2.75) is 25.7 Å². The molecule has 0 aromatic heterocycles. The van der Waals surface area contributed by atoms with Crippen LogP contribution in [-0.2, 0) is 17.6 Å². The summed E-state index contributed by atoms with van der Waals surface area (Å²) in [7, 11) is 0. The van der Waals surface area contributed by atoms with E-state index in [-0.39, 0.29) is 11.3 Å². The van der Waals surface area contributed by atoms with Crippen LogP contribution in [0, 0.1) is 5.41 Å². The average Bonchev–Trinajstić information content (AvgIpc) is 2.63. The van der Waals surface area contributed by atoms with Crippen molar-refractivity contribution in [3.8, 4) is 11.5 Å². The van der Waals surface area contributed by atoms with Gasteiger partial charge in [0.2, 0.25) is 5.91 Å². The first kappa shape index (κ1) is 16.2. The lowest BCUT2D eigenvalue weighted by Crippen LogP contribution is -2.49. The van der Waals surface area contributed by atoms with Crippen molar-refractivity contribution in [2.24, 2.45) is 5.41 Å². The smallest absolute Gasteiger partial charge is 0.226 e. The molecule has 0 unspecified atom stereocenters. The Morgan fingerprint density at radius 2 is 1.56 bits per heavy atom. The van der Waals surface area contributed by atoms with Crippen LogP contribution in [0.15, 0.2) is 48.5 Å². The minimum atomic E-state index is -0.323. The van der Waals surface area contributed by atoms with Gasteiger partial charge in [0.15, 0.2) is 0 Å². The van der Waals surface area contributed by atoms with Gasteiger partial charge in [-0.05, 0) is 74.2 Å². The van der Waals surface area contributed by atoms with Crippen molar-refractivity contribution in [3.63, 3.8) is 0 Å². The summed E-state index contributed by atoms with van der Waals surface area (Å²) in [6.45, 7) is 2.45. The lowest BCUT2D eigenvalue weighted by Gasteiger charge is -2.36. The molecule has 0 radical (unpaired) electrons. The fourth-order valence-corrected chi connectivity index (χ4v) is 3.91. The first-order chi connectivity index (χ1) is 12.2. The number of piperidine rings is 1. The fourth-order valence-electron chi connectivity index (χ4n) is 3.91. The largest absolute Gasteiger partial charge is 0.457 e. The van der Waals surface area contributed by atoms with Crippen LogP contribution in [0.3, 0.4) is 0 Å². The number of hydrogen-bond acceptors (Lipinski definition) is 3. The van der Waals surface area contributed by atoms with E-state index in [0.717, 1.165) is 55.8 Å². The molecule has 4 nitrogen and oxygen atoms in total. The second-order valence-electron chi connectivity index (χ2n) is 7.11.